The molecule has 0 unspecified atom stereocenters. The lowest BCUT2D eigenvalue weighted by Crippen LogP contribution is -2.04. The Morgan fingerprint density at radius 3 is 2.47 bits per heavy atom. The first kappa shape index (κ1) is 14.3. The number of carbonyl (C=O) groups excluding carboxylic acids is 1. The number of benzene rings is 2. The van der Waals surface area contributed by atoms with Gasteiger partial charge in [0.2, 0.25) is 0 Å². The first-order chi connectivity index (χ1) is 9.04. The average molecular weight is 384 g/mol. The molecule has 0 amide bonds. The van der Waals surface area contributed by atoms with Gasteiger partial charge in [-0.05, 0) is 52.7 Å². The summed E-state index contributed by atoms with van der Waals surface area (Å²) in [5.74, 6) is 0.713. The molecule has 0 saturated heterocycles. The molecule has 19 heavy (non-hydrogen) atoms. The van der Waals surface area contributed by atoms with E-state index in [0.717, 1.165) is 14.5 Å². The van der Waals surface area contributed by atoms with Crippen molar-refractivity contribution in [3.05, 3.63) is 62.0 Å². The highest BCUT2D eigenvalue weighted by Gasteiger charge is 2.14. The quantitative estimate of drug-likeness (QED) is 0.714. The van der Waals surface area contributed by atoms with Gasteiger partial charge < -0.3 is 4.74 Å². The smallest absolute Gasteiger partial charge is 0.193 e. The number of halogens is 2. The van der Waals surface area contributed by atoms with E-state index in [4.69, 9.17) is 4.74 Å². The summed E-state index contributed by atoms with van der Waals surface area (Å²) in [6, 6.07) is 11.0. The maximum atomic E-state index is 12.5. The fourth-order valence-corrected chi connectivity index (χ4v) is 2.72. The number of carbonyl (C=O) groups is 1. The standard InChI is InChI=1S/C15H12Br2O2/c1-9-11(4-3-5-12(9)16)15(18)10-6-7-14(19-2)13(17)8-10/h3-8H,1-2H3. The zero-order valence-electron chi connectivity index (χ0n) is 10.5. The van der Waals surface area contributed by atoms with Crippen LogP contribution in [-0.2, 0) is 0 Å². The lowest BCUT2D eigenvalue weighted by Gasteiger charge is -2.08. The topological polar surface area (TPSA) is 26.3 Å². The van der Waals surface area contributed by atoms with E-state index >= 15 is 0 Å². The molecule has 98 valence electrons. The van der Waals surface area contributed by atoms with Crippen molar-refractivity contribution in [2.24, 2.45) is 0 Å². The van der Waals surface area contributed by atoms with Crippen LogP contribution in [0.4, 0.5) is 0 Å². The second-order valence-corrected chi connectivity index (χ2v) is 5.80. The molecule has 0 aliphatic carbocycles. The molecule has 0 aromatic heterocycles. The van der Waals surface area contributed by atoms with Gasteiger partial charge in [0.1, 0.15) is 5.75 Å². The van der Waals surface area contributed by atoms with Gasteiger partial charge in [0.05, 0.1) is 11.6 Å². The number of hydrogen-bond acceptors (Lipinski definition) is 2. The minimum Gasteiger partial charge on any atom is -0.496 e. The zero-order chi connectivity index (χ0) is 14.0. The van der Waals surface area contributed by atoms with Crippen LogP contribution >= 0.6 is 31.9 Å². The predicted octanol–water partition coefficient (Wildman–Crippen LogP) is 4.76. The molecule has 0 spiro atoms. The summed E-state index contributed by atoms with van der Waals surface area (Å²) >= 11 is 6.84. The Bertz CT molecular complexity index is 636. The van der Waals surface area contributed by atoms with E-state index in [9.17, 15) is 4.79 Å². The molecule has 2 nitrogen and oxygen atoms in total. The molecular formula is C15H12Br2O2. The van der Waals surface area contributed by atoms with Crippen molar-refractivity contribution >= 4 is 37.6 Å². The van der Waals surface area contributed by atoms with Crippen LogP contribution in [0, 0.1) is 6.92 Å². The Morgan fingerprint density at radius 1 is 1.11 bits per heavy atom. The van der Waals surface area contributed by atoms with E-state index in [1.54, 1.807) is 25.3 Å². The molecule has 0 fully saturated rings. The van der Waals surface area contributed by atoms with Crippen LogP contribution in [0.25, 0.3) is 0 Å². The van der Waals surface area contributed by atoms with Crippen molar-refractivity contribution in [1.29, 1.82) is 0 Å². The largest absolute Gasteiger partial charge is 0.496 e. The first-order valence-electron chi connectivity index (χ1n) is 5.68. The van der Waals surface area contributed by atoms with Gasteiger partial charge in [-0.3, -0.25) is 4.79 Å². The van der Waals surface area contributed by atoms with Crippen LogP contribution in [0.5, 0.6) is 5.75 Å². The summed E-state index contributed by atoms with van der Waals surface area (Å²) in [5.41, 5.74) is 2.28. The molecule has 4 heteroatoms. The van der Waals surface area contributed by atoms with Gasteiger partial charge in [-0.25, -0.2) is 0 Å². The Hall–Kier alpha value is -1.13. The predicted molar refractivity (Wildman–Crippen MR) is 83.0 cm³/mol. The second-order valence-electron chi connectivity index (χ2n) is 4.09. The van der Waals surface area contributed by atoms with E-state index < -0.39 is 0 Å². The van der Waals surface area contributed by atoms with Crippen molar-refractivity contribution in [3.8, 4) is 5.75 Å². The van der Waals surface area contributed by atoms with Gasteiger partial charge in [-0.15, -0.1) is 0 Å². The summed E-state index contributed by atoms with van der Waals surface area (Å²) in [7, 11) is 1.60. The Kier molecular flexibility index (Phi) is 4.42. The summed E-state index contributed by atoms with van der Waals surface area (Å²) in [6.07, 6.45) is 0. The minimum absolute atomic E-state index is 0.00199. The van der Waals surface area contributed by atoms with Crippen molar-refractivity contribution in [3.63, 3.8) is 0 Å². The number of rotatable bonds is 3. The van der Waals surface area contributed by atoms with Crippen LogP contribution in [0.2, 0.25) is 0 Å². The molecule has 0 heterocycles. The molecule has 2 aromatic carbocycles. The fraction of sp³-hybridized carbons (Fsp3) is 0.133. The molecule has 0 saturated carbocycles. The van der Waals surface area contributed by atoms with Gasteiger partial charge in [-0.2, -0.15) is 0 Å². The van der Waals surface area contributed by atoms with Gasteiger partial charge in [-0.1, -0.05) is 28.1 Å². The number of methoxy groups -OCH3 is 1. The number of ether oxygens (including phenoxy) is 1. The molecular weight excluding hydrogens is 372 g/mol. The molecule has 0 aliphatic rings. The maximum Gasteiger partial charge on any atom is 0.193 e. The molecule has 2 rings (SSSR count). The van der Waals surface area contributed by atoms with Crippen molar-refractivity contribution in [2.75, 3.05) is 7.11 Å². The summed E-state index contributed by atoms with van der Waals surface area (Å²) < 4.78 is 6.87. The van der Waals surface area contributed by atoms with E-state index in [0.29, 0.717) is 16.9 Å². The average Bonchev–Trinajstić information content (AvgIpc) is 2.41. The van der Waals surface area contributed by atoms with Crippen molar-refractivity contribution in [2.45, 2.75) is 6.92 Å². The lowest BCUT2D eigenvalue weighted by molar-refractivity contribution is 0.103. The molecule has 0 aliphatic heterocycles. The SMILES string of the molecule is COc1ccc(C(=O)c2cccc(Br)c2C)cc1Br. The first-order valence-corrected chi connectivity index (χ1v) is 7.26. The summed E-state index contributed by atoms with van der Waals surface area (Å²) in [5, 5.41) is 0. The monoisotopic (exact) mass is 382 g/mol. The lowest BCUT2D eigenvalue weighted by atomic mass is 9.99. The Morgan fingerprint density at radius 2 is 1.84 bits per heavy atom. The van der Waals surface area contributed by atoms with Crippen LogP contribution < -0.4 is 4.74 Å². The zero-order valence-corrected chi connectivity index (χ0v) is 13.7. The third-order valence-corrected chi connectivity index (χ3v) is 4.41. The molecule has 0 radical (unpaired) electrons. The number of hydrogen-bond donors (Lipinski definition) is 0. The highest BCUT2D eigenvalue weighted by Crippen LogP contribution is 2.28. The van der Waals surface area contributed by atoms with Crippen LogP contribution in [0.15, 0.2) is 45.3 Å². The maximum absolute atomic E-state index is 12.5. The van der Waals surface area contributed by atoms with E-state index in [2.05, 4.69) is 31.9 Å². The molecule has 2 aromatic rings. The fourth-order valence-electron chi connectivity index (χ4n) is 1.82. The van der Waals surface area contributed by atoms with Crippen molar-refractivity contribution in [1.82, 2.24) is 0 Å². The normalized spacial score (nSPS) is 10.3. The van der Waals surface area contributed by atoms with E-state index in [1.165, 1.54) is 0 Å². The highest BCUT2D eigenvalue weighted by atomic mass is 79.9. The van der Waals surface area contributed by atoms with Crippen molar-refractivity contribution < 1.29 is 9.53 Å². The van der Waals surface area contributed by atoms with Gasteiger partial charge in [0.15, 0.2) is 5.78 Å². The Balaban J connectivity index is 2.44. The van der Waals surface area contributed by atoms with Crippen LogP contribution in [-0.4, -0.2) is 12.9 Å². The summed E-state index contributed by atoms with van der Waals surface area (Å²) in [6.45, 7) is 1.93. The molecule has 0 N–H and O–H groups in total. The highest BCUT2D eigenvalue weighted by molar-refractivity contribution is 9.10. The minimum atomic E-state index is 0.00199. The second kappa shape index (κ2) is 5.88. The number of ketones is 1. The Labute approximate surface area is 129 Å². The van der Waals surface area contributed by atoms with Gasteiger partial charge >= 0.3 is 0 Å². The van der Waals surface area contributed by atoms with Gasteiger partial charge in [0.25, 0.3) is 0 Å². The van der Waals surface area contributed by atoms with Gasteiger partial charge in [0, 0.05) is 15.6 Å². The van der Waals surface area contributed by atoms with E-state index in [1.807, 2.05) is 25.1 Å². The summed E-state index contributed by atoms with van der Waals surface area (Å²) in [4.78, 5) is 12.5. The molecule has 0 bridgehead atoms. The van der Waals surface area contributed by atoms with Crippen LogP contribution in [0.1, 0.15) is 21.5 Å². The third kappa shape index (κ3) is 2.90. The molecule has 0 atom stereocenters. The van der Waals surface area contributed by atoms with E-state index in [-0.39, 0.29) is 5.78 Å². The third-order valence-electron chi connectivity index (χ3n) is 2.93. The van der Waals surface area contributed by atoms with Crippen LogP contribution in [0.3, 0.4) is 0 Å².